The Morgan fingerprint density at radius 1 is 1.12 bits per heavy atom. The SMILES string of the molecule is NC(CO)COc1cc(Cl)c(-c2nnc(-c3cn4cc(C(F)(F)F)ccc4n3)s2)cc1Cl. The van der Waals surface area contributed by atoms with Crippen molar-refractivity contribution in [3.63, 3.8) is 0 Å². The lowest BCUT2D eigenvalue weighted by Crippen LogP contribution is -2.31. The summed E-state index contributed by atoms with van der Waals surface area (Å²) >= 11 is 13.8. The number of rotatable bonds is 6. The van der Waals surface area contributed by atoms with Crippen molar-refractivity contribution in [3.8, 4) is 27.0 Å². The highest BCUT2D eigenvalue weighted by Gasteiger charge is 2.31. The summed E-state index contributed by atoms with van der Waals surface area (Å²) in [5.41, 5.74) is 6.04. The fourth-order valence-corrected chi connectivity index (χ4v) is 4.10. The second-order valence-electron chi connectivity index (χ2n) is 6.74. The lowest BCUT2D eigenvalue weighted by atomic mass is 10.2. The van der Waals surface area contributed by atoms with Gasteiger partial charge in [-0.2, -0.15) is 13.2 Å². The van der Waals surface area contributed by atoms with Crippen LogP contribution >= 0.6 is 34.5 Å². The van der Waals surface area contributed by atoms with Crippen LogP contribution in [0, 0.1) is 0 Å². The molecule has 3 heterocycles. The second kappa shape index (κ2) is 8.83. The van der Waals surface area contributed by atoms with Crippen LogP contribution < -0.4 is 10.5 Å². The summed E-state index contributed by atoms with van der Waals surface area (Å²) in [7, 11) is 0. The average Bonchev–Trinajstić information content (AvgIpc) is 3.39. The number of aliphatic hydroxyl groups excluding tert-OH is 1. The number of aromatic nitrogens is 4. The number of fused-ring (bicyclic) bond motifs is 1. The zero-order valence-electron chi connectivity index (χ0n) is 16.0. The number of benzene rings is 1. The third-order valence-electron chi connectivity index (χ3n) is 4.36. The molecule has 0 saturated heterocycles. The van der Waals surface area contributed by atoms with Crippen molar-refractivity contribution in [2.75, 3.05) is 13.2 Å². The number of alkyl halides is 3. The highest BCUT2D eigenvalue weighted by atomic mass is 35.5. The summed E-state index contributed by atoms with van der Waals surface area (Å²) < 4.78 is 45.6. The number of hydrogen-bond donors (Lipinski definition) is 2. The van der Waals surface area contributed by atoms with Crippen LogP contribution in [0.4, 0.5) is 13.2 Å². The van der Waals surface area contributed by atoms with E-state index in [0.29, 0.717) is 37.7 Å². The minimum atomic E-state index is -4.45. The van der Waals surface area contributed by atoms with Crippen LogP contribution in [0.1, 0.15) is 5.56 Å². The molecule has 0 bridgehead atoms. The van der Waals surface area contributed by atoms with Gasteiger partial charge in [-0.25, -0.2) is 4.98 Å². The third-order valence-corrected chi connectivity index (χ3v) is 5.95. The maximum atomic E-state index is 12.9. The molecule has 3 aromatic heterocycles. The number of ether oxygens (including phenoxy) is 1. The smallest absolute Gasteiger partial charge is 0.417 e. The van der Waals surface area contributed by atoms with Gasteiger partial charge in [-0.1, -0.05) is 34.5 Å². The Bertz CT molecular complexity index is 1280. The molecular weight excluding hydrogens is 490 g/mol. The Labute approximate surface area is 193 Å². The first kappa shape index (κ1) is 22.7. The van der Waals surface area contributed by atoms with E-state index >= 15 is 0 Å². The largest absolute Gasteiger partial charge is 0.490 e. The van der Waals surface area contributed by atoms with E-state index in [9.17, 15) is 13.2 Å². The standard InChI is InChI=1S/C19H14Cl2F3N5O2S/c20-12-4-15(31-8-10(25)7-30)13(21)3-11(12)17-27-28-18(32-17)14-6-29-5-9(19(22,23)24)1-2-16(29)26-14/h1-6,10,30H,7-8,25H2. The lowest BCUT2D eigenvalue weighted by molar-refractivity contribution is -0.137. The Hall–Kier alpha value is -2.44. The van der Waals surface area contributed by atoms with Crippen molar-refractivity contribution in [2.45, 2.75) is 12.2 Å². The quantitative estimate of drug-likeness (QED) is 0.400. The van der Waals surface area contributed by atoms with Gasteiger partial charge in [0.1, 0.15) is 28.7 Å². The van der Waals surface area contributed by atoms with Gasteiger partial charge in [-0.05, 0) is 18.2 Å². The van der Waals surface area contributed by atoms with E-state index in [2.05, 4.69) is 15.2 Å². The number of hydrogen-bond acceptors (Lipinski definition) is 7. The molecule has 0 spiro atoms. The van der Waals surface area contributed by atoms with Crippen molar-refractivity contribution in [1.82, 2.24) is 19.6 Å². The van der Waals surface area contributed by atoms with E-state index < -0.39 is 17.8 Å². The molecule has 1 atom stereocenters. The zero-order chi connectivity index (χ0) is 23.0. The Balaban J connectivity index is 1.62. The maximum Gasteiger partial charge on any atom is 0.417 e. The Kier molecular flexibility index (Phi) is 6.28. The van der Waals surface area contributed by atoms with Crippen molar-refractivity contribution < 1.29 is 23.0 Å². The van der Waals surface area contributed by atoms with Crippen LogP contribution in [0.2, 0.25) is 10.0 Å². The molecule has 0 aliphatic rings. The first-order valence-electron chi connectivity index (χ1n) is 9.04. The van der Waals surface area contributed by atoms with Crippen LogP contribution in [-0.2, 0) is 6.18 Å². The molecular formula is C19H14Cl2F3N5O2S. The van der Waals surface area contributed by atoms with Gasteiger partial charge in [0.25, 0.3) is 0 Å². The molecule has 0 amide bonds. The average molecular weight is 504 g/mol. The summed E-state index contributed by atoms with van der Waals surface area (Å²) in [5.74, 6) is 0.301. The van der Waals surface area contributed by atoms with Gasteiger partial charge >= 0.3 is 6.18 Å². The normalized spacial score (nSPS) is 13.0. The van der Waals surface area contributed by atoms with Gasteiger partial charge in [0.05, 0.1) is 28.3 Å². The van der Waals surface area contributed by atoms with Crippen LogP contribution in [0.5, 0.6) is 5.75 Å². The van der Waals surface area contributed by atoms with Crippen molar-refractivity contribution in [1.29, 1.82) is 0 Å². The van der Waals surface area contributed by atoms with Crippen LogP contribution in [0.3, 0.4) is 0 Å². The van der Waals surface area contributed by atoms with Crippen LogP contribution in [0.25, 0.3) is 26.9 Å². The molecule has 1 aromatic carbocycles. The number of aliphatic hydroxyl groups is 1. The van der Waals surface area contributed by atoms with Gasteiger partial charge in [0.15, 0.2) is 5.01 Å². The minimum absolute atomic E-state index is 0.0544. The molecule has 13 heteroatoms. The highest BCUT2D eigenvalue weighted by Crippen LogP contribution is 2.39. The topological polar surface area (TPSA) is 98.6 Å². The Morgan fingerprint density at radius 2 is 1.88 bits per heavy atom. The third kappa shape index (κ3) is 4.66. The molecule has 32 heavy (non-hydrogen) atoms. The molecule has 0 aliphatic carbocycles. The molecule has 0 radical (unpaired) electrons. The maximum absolute atomic E-state index is 12.9. The number of pyridine rings is 1. The van der Waals surface area contributed by atoms with Crippen molar-refractivity contribution >= 4 is 40.2 Å². The summed E-state index contributed by atoms with van der Waals surface area (Å²) in [6.07, 6.45) is -2.04. The molecule has 3 N–H and O–H groups in total. The van der Waals surface area contributed by atoms with E-state index in [4.69, 9.17) is 38.8 Å². The van der Waals surface area contributed by atoms with Crippen LogP contribution in [0.15, 0.2) is 36.7 Å². The lowest BCUT2D eigenvalue weighted by Gasteiger charge is -2.13. The summed E-state index contributed by atoms with van der Waals surface area (Å²) in [6, 6.07) is 4.76. The Morgan fingerprint density at radius 3 is 2.59 bits per heavy atom. The minimum Gasteiger partial charge on any atom is -0.490 e. The van der Waals surface area contributed by atoms with E-state index in [0.717, 1.165) is 23.6 Å². The number of imidazole rings is 1. The number of nitrogens with two attached hydrogens (primary N) is 1. The van der Waals surface area contributed by atoms with Crippen molar-refractivity contribution in [2.24, 2.45) is 5.73 Å². The number of nitrogens with zero attached hydrogens (tertiary/aromatic N) is 4. The van der Waals surface area contributed by atoms with E-state index in [1.54, 1.807) is 6.07 Å². The van der Waals surface area contributed by atoms with Crippen molar-refractivity contribution in [3.05, 3.63) is 52.3 Å². The molecule has 0 fully saturated rings. The molecule has 4 rings (SSSR count). The molecule has 168 valence electrons. The predicted octanol–water partition coefficient (Wildman–Crippen LogP) is 4.54. The first-order valence-corrected chi connectivity index (χ1v) is 10.6. The van der Waals surface area contributed by atoms with Gasteiger partial charge in [0, 0.05) is 24.0 Å². The second-order valence-corrected chi connectivity index (χ2v) is 8.53. The van der Waals surface area contributed by atoms with Gasteiger partial charge in [-0.15, -0.1) is 10.2 Å². The summed E-state index contributed by atoms with van der Waals surface area (Å²) in [6.45, 7) is -0.184. The van der Waals surface area contributed by atoms with Gasteiger partial charge in [-0.3, -0.25) is 0 Å². The van der Waals surface area contributed by atoms with Crippen LogP contribution in [-0.4, -0.2) is 43.9 Å². The van der Waals surface area contributed by atoms with Gasteiger partial charge in [0.2, 0.25) is 0 Å². The zero-order valence-corrected chi connectivity index (χ0v) is 18.3. The monoisotopic (exact) mass is 503 g/mol. The van der Waals surface area contributed by atoms with E-state index in [1.807, 2.05) is 0 Å². The molecule has 0 aliphatic heterocycles. The first-order chi connectivity index (χ1) is 15.2. The summed E-state index contributed by atoms with van der Waals surface area (Å²) in [4.78, 5) is 4.31. The number of halogens is 5. The molecule has 1 unspecified atom stereocenters. The highest BCUT2D eigenvalue weighted by molar-refractivity contribution is 7.18. The molecule has 7 nitrogen and oxygen atoms in total. The fourth-order valence-electron chi connectivity index (χ4n) is 2.75. The summed E-state index contributed by atoms with van der Waals surface area (Å²) in [5, 5.41) is 18.6. The van der Waals surface area contributed by atoms with Gasteiger partial charge < -0.3 is 20.0 Å². The molecule has 0 saturated carbocycles. The van der Waals surface area contributed by atoms with E-state index in [1.165, 1.54) is 22.7 Å². The molecule has 4 aromatic rings. The van der Waals surface area contributed by atoms with E-state index in [-0.39, 0.29) is 18.2 Å². The predicted molar refractivity (Wildman–Crippen MR) is 115 cm³/mol. The fraction of sp³-hybridized carbons (Fsp3) is 0.211.